The molecular formula is C13H11NO4S. The number of thiophene rings is 1. The third kappa shape index (κ3) is 2.63. The van der Waals surface area contributed by atoms with Gasteiger partial charge in [-0.25, -0.2) is 4.79 Å². The minimum Gasteiger partial charge on any atom is -0.477 e. The van der Waals surface area contributed by atoms with Gasteiger partial charge in [-0.15, -0.1) is 11.3 Å². The second-order valence-corrected chi connectivity index (χ2v) is 4.93. The minimum atomic E-state index is -1.29. The van der Waals surface area contributed by atoms with Gasteiger partial charge in [0.2, 0.25) is 0 Å². The minimum absolute atomic E-state index is 0.147. The zero-order valence-electron chi connectivity index (χ0n) is 10.1. The van der Waals surface area contributed by atoms with Crippen LogP contribution in [0.15, 0.2) is 34.4 Å². The highest BCUT2D eigenvalue weighted by atomic mass is 32.1. The molecule has 0 bridgehead atoms. The van der Waals surface area contributed by atoms with Crippen LogP contribution in [0.3, 0.4) is 0 Å². The number of hydrogen-bond donors (Lipinski definition) is 1. The van der Waals surface area contributed by atoms with Crippen LogP contribution in [0.4, 0.5) is 0 Å². The number of aryl methyl sites for hydroxylation is 1. The largest absolute Gasteiger partial charge is 0.477 e. The van der Waals surface area contributed by atoms with Gasteiger partial charge in [0.05, 0.1) is 11.4 Å². The van der Waals surface area contributed by atoms with E-state index in [9.17, 15) is 14.4 Å². The molecule has 6 heteroatoms. The average molecular weight is 277 g/mol. The maximum atomic E-state index is 12.0. The quantitative estimate of drug-likeness (QED) is 0.864. The first kappa shape index (κ1) is 13.2. The highest BCUT2D eigenvalue weighted by Gasteiger charge is 2.15. The van der Waals surface area contributed by atoms with E-state index in [0.717, 1.165) is 0 Å². The Morgan fingerprint density at radius 1 is 1.32 bits per heavy atom. The van der Waals surface area contributed by atoms with Crippen LogP contribution in [0, 0.1) is 6.92 Å². The molecule has 0 fully saturated rings. The predicted octanol–water partition coefficient (Wildman–Crippen LogP) is 1.80. The number of aromatic nitrogens is 1. The van der Waals surface area contributed by atoms with Crippen LogP contribution in [-0.4, -0.2) is 21.4 Å². The number of rotatable bonds is 4. The molecule has 0 saturated heterocycles. The Morgan fingerprint density at radius 3 is 2.63 bits per heavy atom. The molecule has 1 N–H and O–H groups in total. The zero-order valence-corrected chi connectivity index (χ0v) is 10.9. The molecule has 2 aromatic rings. The van der Waals surface area contributed by atoms with E-state index in [1.807, 2.05) is 0 Å². The monoisotopic (exact) mass is 277 g/mol. The van der Waals surface area contributed by atoms with Gasteiger partial charge in [0.25, 0.3) is 5.56 Å². The van der Waals surface area contributed by atoms with Crippen LogP contribution < -0.4 is 5.56 Å². The van der Waals surface area contributed by atoms with E-state index in [-0.39, 0.29) is 17.9 Å². The van der Waals surface area contributed by atoms with Gasteiger partial charge in [-0.1, -0.05) is 6.07 Å². The summed E-state index contributed by atoms with van der Waals surface area (Å²) in [6.45, 7) is 1.51. The van der Waals surface area contributed by atoms with Crippen molar-refractivity contribution < 1.29 is 14.7 Å². The highest BCUT2D eigenvalue weighted by Crippen LogP contribution is 2.10. The van der Waals surface area contributed by atoms with Crippen LogP contribution in [-0.2, 0) is 6.54 Å². The molecule has 0 spiro atoms. The van der Waals surface area contributed by atoms with Crippen LogP contribution in [0.1, 0.15) is 25.7 Å². The molecule has 0 atom stereocenters. The first-order valence-corrected chi connectivity index (χ1v) is 6.39. The van der Waals surface area contributed by atoms with Crippen molar-refractivity contribution in [3.63, 3.8) is 0 Å². The zero-order chi connectivity index (χ0) is 14.0. The van der Waals surface area contributed by atoms with Crippen LogP contribution in [0.2, 0.25) is 0 Å². The van der Waals surface area contributed by atoms with Gasteiger partial charge in [0.15, 0.2) is 5.78 Å². The van der Waals surface area contributed by atoms with E-state index in [4.69, 9.17) is 5.11 Å². The SMILES string of the molecule is Cc1ccc(C(=O)O)c(=O)n1CC(=O)c1cccs1. The smallest absolute Gasteiger partial charge is 0.341 e. The molecular weight excluding hydrogens is 266 g/mol. The second-order valence-electron chi connectivity index (χ2n) is 3.99. The number of nitrogens with zero attached hydrogens (tertiary/aromatic N) is 1. The van der Waals surface area contributed by atoms with Gasteiger partial charge >= 0.3 is 5.97 Å². The number of pyridine rings is 1. The van der Waals surface area contributed by atoms with E-state index < -0.39 is 11.5 Å². The summed E-state index contributed by atoms with van der Waals surface area (Å²) in [5.74, 6) is -1.50. The van der Waals surface area contributed by atoms with Crippen molar-refractivity contribution in [2.45, 2.75) is 13.5 Å². The number of carbonyl (C=O) groups is 2. The van der Waals surface area contributed by atoms with Gasteiger partial charge in [0.1, 0.15) is 5.56 Å². The summed E-state index contributed by atoms with van der Waals surface area (Å²) in [4.78, 5) is 35.4. The lowest BCUT2D eigenvalue weighted by atomic mass is 10.2. The fourth-order valence-corrected chi connectivity index (χ4v) is 2.35. The molecule has 0 saturated carbocycles. The van der Waals surface area contributed by atoms with Crippen molar-refractivity contribution in [2.75, 3.05) is 0 Å². The Hall–Kier alpha value is -2.21. The van der Waals surface area contributed by atoms with Crippen molar-refractivity contribution in [3.8, 4) is 0 Å². The first-order valence-electron chi connectivity index (χ1n) is 5.51. The van der Waals surface area contributed by atoms with Crippen LogP contribution in [0.5, 0.6) is 0 Å². The Labute approximate surface area is 112 Å². The number of aromatic carboxylic acids is 1. The Balaban J connectivity index is 2.40. The maximum absolute atomic E-state index is 12.0. The number of carbonyl (C=O) groups excluding carboxylic acids is 1. The summed E-state index contributed by atoms with van der Waals surface area (Å²) >= 11 is 1.29. The lowest BCUT2D eigenvalue weighted by Crippen LogP contribution is -2.30. The van der Waals surface area contributed by atoms with Crippen LogP contribution in [0.25, 0.3) is 0 Å². The number of carboxylic acid groups (broad SMARTS) is 1. The van der Waals surface area contributed by atoms with Crippen molar-refractivity contribution >= 4 is 23.1 Å². The number of hydrogen-bond acceptors (Lipinski definition) is 4. The van der Waals surface area contributed by atoms with Crippen molar-refractivity contribution in [1.29, 1.82) is 0 Å². The first-order chi connectivity index (χ1) is 9.00. The molecule has 2 rings (SSSR count). The fraction of sp³-hybridized carbons (Fsp3) is 0.154. The van der Waals surface area contributed by atoms with Gasteiger partial charge in [0, 0.05) is 5.69 Å². The Morgan fingerprint density at radius 2 is 2.05 bits per heavy atom. The van der Waals surface area contributed by atoms with Gasteiger partial charge in [-0.3, -0.25) is 9.59 Å². The standard InChI is InChI=1S/C13H11NO4S/c1-8-4-5-9(13(17)18)12(16)14(8)7-10(15)11-3-2-6-19-11/h2-6H,7H2,1H3,(H,17,18). The topological polar surface area (TPSA) is 76.4 Å². The molecule has 0 amide bonds. The molecule has 0 unspecified atom stereocenters. The Kier molecular flexibility index (Phi) is 3.62. The summed E-state index contributed by atoms with van der Waals surface area (Å²) in [7, 11) is 0. The Bertz CT molecular complexity index is 685. The van der Waals surface area contributed by atoms with Crippen LogP contribution >= 0.6 is 11.3 Å². The van der Waals surface area contributed by atoms with Crippen molar-refractivity contribution in [2.24, 2.45) is 0 Å². The van der Waals surface area contributed by atoms with Crippen molar-refractivity contribution in [1.82, 2.24) is 4.57 Å². The molecule has 2 heterocycles. The maximum Gasteiger partial charge on any atom is 0.341 e. The summed E-state index contributed by atoms with van der Waals surface area (Å²) in [6, 6.07) is 6.20. The van der Waals surface area contributed by atoms with E-state index in [1.54, 1.807) is 24.4 Å². The summed E-state index contributed by atoms with van der Waals surface area (Å²) in [5, 5.41) is 10.7. The number of Topliss-reactive ketones (excluding diaryl/α,β-unsaturated/α-hetero) is 1. The molecule has 0 aromatic carbocycles. The molecule has 2 aromatic heterocycles. The van der Waals surface area contributed by atoms with E-state index in [1.165, 1.54) is 28.0 Å². The lowest BCUT2D eigenvalue weighted by molar-refractivity contribution is 0.0693. The lowest BCUT2D eigenvalue weighted by Gasteiger charge is -2.09. The average Bonchev–Trinajstić information content (AvgIpc) is 2.87. The predicted molar refractivity (Wildman–Crippen MR) is 71.0 cm³/mol. The molecule has 5 nitrogen and oxygen atoms in total. The second kappa shape index (κ2) is 5.19. The molecule has 0 radical (unpaired) electrons. The van der Waals surface area contributed by atoms with E-state index in [2.05, 4.69) is 0 Å². The molecule has 98 valence electrons. The van der Waals surface area contributed by atoms with E-state index in [0.29, 0.717) is 10.6 Å². The fourth-order valence-electron chi connectivity index (χ4n) is 1.69. The molecule has 0 aliphatic carbocycles. The molecule has 0 aliphatic rings. The molecule has 19 heavy (non-hydrogen) atoms. The summed E-state index contributed by atoms with van der Waals surface area (Å²) < 4.78 is 1.19. The normalized spacial score (nSPS) is 10.4. The van der Waals surface area contributed by atoms with Gasteiger partial charge in [-0.2, -0.15) is 0 Å². The summed E-state index contributed by atoms with van der Waals surface area (Å²) in [6.07, 6.45) is 0. The summed E-state index contributed by atoms with van der Waals surface area (Å²) in [5.41, 5.74) is -0.429. The third-order valence-corrected chi connectivity index (χ3v) is 3.63. The van der Waals surface area contributed by atoms with Gasteiger partial charge < -0.3 is 9.67 Å². The number of ketones is 1. The van der Waals surface area contributed by atoms with Crippen molar-refractivity contribution in [3.05, 3.63) is 56.1 Å². The van der Waals surface area contributed by atoms with Gasteiger partial charge in [-0.05, 0) is 30.5 Å². The molecule has 0 aliphatic heterocycles. The number of carboxylic acids is 1. The third-order valence-electron chi connectivity index (χ3n) is 2.72. The van der Waals surface area contributed by atoms with E-state index >= 15 is 0 Å². The highest BCUT2D eigenvalue weighted by molar-refractivity contribution is 7.12.